The fourth-order valence-corrected chi connectivity index (χ4v) is 1.81. The van der Waals surface area contributed by atoms with Gasteiger partial charge in [0.25, 0.3) is 0 Å². The average Bonchev–Trinajstić information content (AvgIpc) is 2.47. The molecule has 0 aliphatic carbocycles. The van der Waals surface area contributed by atoms with Crippen LogP contribution in [0.5, 0.6) is 11.5 Å². The van der Waals surface area contributed by atoms with Gasteiger partial charge >= 0.3 is 5.97 Å². The molecule has 1 aromatic carbocycles. The number of para-hydroxylation sites is 1. The number of methoxy groups -OCH3 is 2. The van der Waals surface area contributed by atoms with Crippen molar-refractivity contribution in [2.24, 2.45) is 5.73 Å². The monoisotopic (exact) mass is 281 g/mol. The first kappa shape index (κ1) is 16.3. The van der Waals surface area contributed by atoms with Crippen LogP contribution in [0.3, 0.4) is 0 Å². The van der Waals surface area contributed by atoms with Gasteiger partial charge < -0.3 is 19.9 Å². The molecule has 0 amide bonds. The molecule has 1 aromatic rings. The normalized spacial score (nSPS) is 11.8. The van der Waals surface area contributed by atoms with Crippen LogP contribution in [0.2, 0.25) is 0 Å². The molecule has 0 fully saturated rings. The number of nitrogens with two attached hydrogens (primary N) is 1. The van der Waals surface area contributed by atoms with Gasteiger partial charge in [0.2, 0.25) is 0 Å². The Balaban J connectivity index is 2.81. The summed E-state index contributed by atoms with van der Waals surface area (Å²) in [5.41, 5.74) is 6.98. The van der Waals surface area contributed by atoms with Gasteiger partial charge in [-0.2, -0.15) is 0 Å². The van der Waals surface area contributed by atoms with E-state index in [4.69, 9.17) is 15.2 Å². The summed E-state index contributed by atoms with van der Waals surface area (Å²) in [7, 11) is 2.95. The summed E-state index contributed by atoms with van der Waals surface area (Å²) in [6, 6.07) is 5.77. The molecular formula is C15H23NO4. The number of carbonyl (C=O) groups is 1. The SMILES string of the molecule is CCC(N)Cc1cccc(OC)c1OCCC(=O)OC. The van der Waals surface area contributed by atoms with E-state index in [-0.39, 0.29) is 25.0 Å². The first-order valence-electron chi connectivity index (χ1n) is 6.73. The molecule has 1 rings (SSSR count). The van der Waals surface area contributed by atoms with E-state index in [0.29, 0.717) is 17.9 Å². The summed E-state index contributed by atoms with van der Waals surface area (Å²) in [6.07, 6.45) is 1.80. The summed E-state index contributed by atoms with van der Waals surface area (Å²) in [4.78, 5) is 11.1. The van der Waals surface area contributed by atoms with E-state index in [9.17, 15) is 4.79 Å². The van der Waals surface area contributed by atoms with Crippen molar-refractivity contribution in [3.63, 3.8) is 0 Å². The molecule has 0 heterocycles. The lowest BCUT2D eigenvalue weighted by Crippen LogP contribution is -2.22. The highest BCUT2D eigenvalue weighted by Gasteiger charge is 2.13. The zero-order valence-corrected chi connectivity index (χ0v) is 12.3. The van der Waals surface area contributed by atoms with Gasteiger partial charge in [0.05, 0.1) is 27.2 Å². The zero-order chi connectivity index (χ0) is 15.0. The highest BCUT2D eigenvalue weighted by molar-refractivity contribution is 5.69. The van der Waals surface area contributed by atoms with Gasteiger partial charge in [-0.1, -0.05) is 19.1 Å². The highest BCUT2D eigenvalue weighted by atomic mass is 16.5. The van der Waals surface area contributed by atoms with Crippen LogP contribution < -0.4 is 15.2 Å². The fourth-order valence-electron chi connectivity index (χ4n) is 1.81. The van der Waals surface area contributed by atoms with Crippen LogP contribution in [0, 0.1) is 0 Å². The number of carbonyl (C=O) groups excluding carboxylic acids is 1. The van der Waals surface area contributed by atoms with Crippen molar-refractivity contribution in [2.75, 3.05) is 20.8 Å². The second-order valence-electron chi connectivity index (χ2n) is 4.50. The number of hydrogen-bond donors (Lipinski definition) is 1. The Morgan fingerprint density at radius 2 is 2.10 bits per heavy atom. The second-order valence-corrected chi connectivity index (χ2v) is 4.50. The molecule has 2 N–H and O–H groups in total. The molecule has 0 radical (unpaired) electrons. The second kappa shape index (κ2) is 8.43. The van der Waals surface area contributed by atoms with Crippen molar-refractivity contribution in [2.45, 2.75) is 32.2 Å². The van der Waals surface area contributed by atoms with Gasteiger partial charge in [-0.05, 0) is 24.5 Å². The minimum atomic E-state index is -0.299. The summed E-state index contributed by atoms with van der Waals surface area (Å²) in [5.74, 6) is 1.00. The van der Waals surface area contributed by atoms with E-state index in [0.717, 1.165) is 12.0 Å². The van der Waals surface area contributed by atoms with Gasteiger partial charge in [-0.15, -0.1) is 0 Å². The Morgan fingerprint density at radius 1 is 1.35 bits per heavy atom. The average molecular weight is 281 g/mol. The summed E-state index contributed by atoms with van der Waals surface area (Å²) >= 11 is 0. The van der Waals surface area contributed by atoms with E-state index < -0.39 is 0 Å². The van der Waals surface area contributed by atoms with Crippen LogP contribution in [-0.2, 0) is 16.0 Å². The highest BCUT2D eigenvalue weighted by Crippen LogP contribution is 2.32. The fraction of sp³-hybridized carbons (Fsp3) is 0.533. The summed E-state index contributed by atoms with van der Waals surface area (Å²) in [6.45, 7) is 2.30. The van der Waals surface area contributed by atoms with Crippen molar-refractivity contribution in [1.82, 2.24) is 0 Å². The smallest absolute Gasteiger partial charge is 0.308 e. The minimum absolute atomic E-state index is 0.0741. The number of esters is 1. The molecule has 1 unspecified atom stereocenters. The van der Waals surface area contributed by atoms with E-state index in [1.165, 1.54) is 7.11 Å². The molecule has 5 nitrogen and oxygen atoms in total. The van der Waals surface area contributed by atoms with Gasteiger partial charge in [-0.25, -0.2) is 0 Å². The minimum Gasteiger partial charge on any atom is -0.493 e. The van der Waals surface area contributed by atoms with Crippen LogP contribution in [0.1, 0.15) is 25.3 Å². The molecule has 0 aliphatic heterocycles. The van der Waals surface area contributed by atoms with Crippen LogP contribution in [-0.4, -0.2) is 32.8 Å². The molecule has 0 spiro atoms. The summed E-state index contributed by atoms with van der Waals surface area (Å²) in [5, 5.41) is 0. The number of benzene rings is 1. The standard InChI is InChI=1S/C15H23NO4/c1-4-12(16)10-11-6-5-7-13(18-2)15(11)20-9-8-14(17)19-3/h5-7,12H,4,8-10,16H2,1-3H3. The number of hydrogen-bond acceptors (Lipinski definition) is 5. The van der Waals surface area contributed by atoms with Gasteiger partial charge in [0, 0.05) is 6.04 Å². The van der Waals surface area contributed by atoms with Gasteiger partial charge in [-0.3, -0.25) is 4.79 Å². The lowest BCUT2D eigenvalue weighted by Gasteiger charge is -2.17. The van der Waals surface area contributed by atoms with Crippen LogP contribution in [0.4, 0.5) is 0 Å². The Morgan fingerprint density at radius 3 is 2.70 bits per heavy atom. The van der Waals surface area contributed by atoms with E-state index >= 15 is 0 Å². The predicted molar refractivity (Wildman–Crippen MR) is 77.1 cm³/mol. The van der Waals surface area contributed by atoms with Crippen molar-refractivity contribution < 1.29 is 19.0 Å². The molecule has 0 saturated heterocycles. The lowest BCUT2D eigenvalue weighted by atomic mass is 10.0. The Bertz CT molecular complexity index is 434. The maximum absolute atomic E-state index is 11.1. The Hall–Kier alpha value is -1.75. The molecule has 0 aromatic heterocycles. The zero-order valence-electron chi connectivity index (χ0n) is 12.3. The maximum Gasteiger partial charge on any atom is 0.308 e. The molecule has 1 atom stereocenters. The first-order valence-corrected chi connectivity index (χ1v) is 6.73. The molecule has 0 saturated carbocycles. The predicted octanol–water partition coefficient (Wildman–Crippen LogP) is 1.92. The largest absolute Gasteiger partial charge is 0.493 e. The van der Waals surface area contributed by atoms with E-state index in [1.54, 1.807) is 7.11 Å². The molecular weight excluding hydrogens is 258 g/mol. The lowest BCUT2D eigenvalue weighted by molar-refractivity contribution is -0.141. The van der Waals surface area contributed by atoms with Gasteiger partial charge in [0.1, 0.15) is 0 Å². The van der Waals surface area contributed by atoms with Crippen LogP contribution in [0.15, 0.2) is 18.2 Å². The maximum atomic E-state index is 11.1. The molecule has 0 bridgehead atoms. The topological polar surface area (TPSA) is 70.8 Å². The van der Waals surface area contributed by atoms with Crippen molar-refractivity contribution in [3.8, 4) is 11.5 Å². The third-order valence-electron chi connectivity index (χ3n) is 3.07. The molecule has 0 aliphatic rings. The third kappa shape index (κ3) is 4.74. The van der Waals surface area contributed by atoms with Crippen molar-refractivity contribution in [1.29, 1.82) is 0 Å². The third-order valence-corrected chi connectivity index (χ3v) is 3.07. The van der Waals surface area contributed by atoms with E-state index in [2.05, 4.69) is 4.74 Å². The van der Waals surface area contributed by atoms with Crippen LogP contribution >= 0.6 is 0 Å². The number of ether oxygens (including phenoxy) is 3. The Labute approximate surface area is 120 Å². The summed E-state index contributed by atoms with van der Waals surface area (Å²) < 4.78 is 15.6. The first-order chi connectivity index (χ1) is 9.62. The van der Waals surface area contributed by atoms with Crippen LogP contribution in [0.25, 0.3) is 0 Å². The quantitative estimate of drug-likeness (QED) is 0.737. The Kier molecular flexibility index (Phi) is 6.87. The molecule has 5 heteroatoms. The molecule has 112 valence electrons. The van der Waals surface area contributed by atoms with Crippen molar-refractivity contribution in [3.05, 3.63) is 23.8 Å². The van der Waals surface area contributed by atoms with Crippen molar-refractivity contribution >= 4 is 5.97 Å². The van der Waals surface area contributed by atoms with E-state index in [1.807, 2.05) is 25.1 Å². The number of rotatable bonds is 8. The van der Waals surface area contributed by atoms with Gasteiger partial charge in [0.15, 0.2) is 11.5 Å². The molecule has 20 heavy (non-hydrogen) atoms.